The minimum atomic E-state index is -1.01. The summed E-state index contributed by atoms with van der Waals surface area (Å²) in [6.07, 6.45) is 7.63. The Labute approximate surface area is 210 Å². The number of aryl methyl sites for hydroxylation is 1. The van der Waals surface area contributed by atoms with Crippen LogP contribution in [-0.2, 0) is 16.8 Å². The molecular weight excluding hydrogens is 460 g/mol. The zero-order valence-electron chi connectivity index (χ0n) is 21.6. The number of hydrogen-bond donors (Lipinski definition) is 1. The van der Waals surface area contributed by atoms with E-state index in [1.807, 2.05) is 12.1 Å². The number of hydrogen-bond acceptors (Lipinski definition) is 6. The van der Waals surface area contributed by atoms with Crippen molar-refractivity contribution in [3.63, 3.8) is 0 Å². The van der Waals surface area contributed by atoms with Gasteiger partial charge in [-0.25, -0.2) is 4.79 Å². The van der Waals surface area contributed by atoms with Gasteiger partial charge in [0.05, 0.1) is 18.3 Å². The van der Waals surface area contributed by atoms with Gasteiger partial charge >= 0.3 is 6.16 Å². The van der Waals surface area contributed by atoms with E-state index in [0.717, 1.165) is 37.6 Å². The molecule has 1 amide bonds. The third kappa shape index (κ3) is 5.15. The minimum absolute atomic E-state index is 0.294. The molecule has 0 unspecified atom stereocenters. The monoisotopic (exact) mass is 494 g/mol. The van der Waals surface area contributed by atoms with Gasteiger partial charge in [-0.2, -0.15) is 5.10 Å². The predicted octanol–water partition coefficient (Wildman–Crippen LogP) is 4.54. The maximum absolute atomic E-state index is 13.0. The van der Waals surface area contributed by atoms with Crippen molar-refractivity contribution in [2.75, 3.05) is 7.05 Å². The van der Waals surface area contributed by atoms with Crippen LogP contribution in [0.5, 0.6) is 5.75 Å². The molecule has 2 aromatic heterocycles. The molecule has 0 saturated heterocycles. The lowest BCUT2D eigenvalue weighted by Gasteiger charge is -2.40. The van der Waals surface area contributed by atoms with Crippen molar-refractivity contribution in [1.29, 1.82) is 0 Å². The van der Waals surface area contributed by atoms with Crippen LogP contribution in [-0.4, -0.2) is 39.1 Å². The largest absolute Gasteiger partial charge is 0.514 e. The maximum atomic E-state index is 13.0. The molecule has 0 spiro atoms. The van der Waals surface area contributed by atoms with Crippen LogP contribution in [0.1, 0.15) is 68.9 Å². The minimum Gasteiger partial charge on any atom is -0.428 e. The molecule has 0 atom stereocenters. The van der Waals surface area contributed by atoms with Crippen LogP contribution in [0, 0.1) is 6.92 Å². The van der Waals surface area contributed by atoms with Gasteiger partial charge in [-0.05, 0) is 52.2 Å². The number of carbonyl (C=O) groups is 2. The molecule has 1 fully saturated rings. The molecule has 36 heavy (non-hydrogen) atoms. The van der Waals surface area contributed by atoms with E-state index >= 15 is 0 Å². The Morgan fingerprint density at radius 2 is 1.81 bits per heavy atom. The lowest BCUT2D eigenvalue weighted by Crippen LogP contribution is -2.41. The van der Waals surface area contributed by atoms with Crippen LogP contribution in [0.2, 0.25) is 0 Å². The smallest absolute Gasteiger partial charge is 0.428 e. The predicted molar refractivity (Wildman–Crippen MR) is 136 cm³/mol. The van der Waals surface area contributed by atoms with Crippen molar-refractivity contribution in [1.82, 2.24) is 19.7 Å². The van der Waals surface area contributed by atoms with Gasteiger partial charge in [0.25, 0.3) is 11.3 Å². The number of nitrogens with one attached hydrogen (secondary N) is 1. The van der Waals surface area contributed by atoms with Crippen LogP contribution >= 0.6 is 0 Å². The van der Waals surface area contributed by atoms with Gasteiger partial charge < -0.3 is 19.4 Å². The molecule has 2 heterocycles. The van der Waals surface area contributed by atoms with Crippen LogP contribution in [0.25, 0.3) is 10.9 Å². The number of benzene rings is 1. The summed E-state index contributed by atoms with van der Waals surface area (Å²) in [6.45, 7) is 7.60. The number of amides is 1. The summed E-state index contributed by atoms with van der Waals surface area (Å²) in [5, 5.41) is 8.02. The quantitative estimate of drug-likeness (QED) is 0.522. The van der Waals surface area contributed by atoms with Gasteiger partial charge in [-0.1, -0.05) is 37.5 Å². The second-order valence-corrected chi connectivity index (χ2v) is 10.5. The Morgan fingerprint density at radius 1 is 1.11 bits per heavy atom. The summed E-state index contributed by atoms with van der Waals surface area (Å²) in [5.41, 5.74) is 0.0939. The molecule has 1 aromatic carbocycles. The van der Waals surface area contributed by atoms with Crippen LogP contribution in [0.3, 0.4) is 0 Å². The Bertz CT molecular complexity index is 1340. The second kappa shape index (κ2) is 9.79. The highest BCUT2D eigenvalue weighted by Gasteiger charge is 2.36. The van der Waals surface area contributed by atoms with Crippen LogP contribution in [0.15, 0.2) is 41.5 Å². The van der Waals surface area contributed by atoms with Gasteiger partial charge in [-0.15, -0.1) is 0 Å². The van der Waals surface area contributed by atoms with E-state index in [1.165, 1.54) is 24.2 Å². The zero-order valence-corrected chi connectivity index (χ0v) is 21.6. The number of rotatable bonds is 5. The highest BCUT2D eigenvalue weighted by atomic mass is 16.7. The van der Waals surface area contributed by atoms with Crippen LogP contribution < -0.4 is 15.5 Å². The number of fused-ring (bicyclic) bond motifs is 1. The first kappa shape index (κ1) is 25.5. The Kier molecular flexibility index (Phi) is 6.93. The fourth-order valence-corrected chi connectivity index (χ4v) is 5.02. The molecule has 3 aromatic rings. The molecule has 0 aliphatic heterocycles. The topological polar surface area (TPSA) is 104 Å². The molecule has 0 radical (unpaired) electrons. The first-order valence-corrected chi connectivity index (χ1v) is 12.3. The molecule has 192 valence electrons. The normalized spacial score (nSPS) is 15.5. The highest BCUT2D eigenvalue weighted by Crippen LogP contribution is 2.40. The molecule has 1 saturated carbocycles. The molecule has 1 aliphatic rings. The molecule has 0 bridgehead atoms. The van der Waals surface area contributed by atoms with Crippen molar-refractivity contribution in [3.8, 4) is 5.75 Å². The lowest BCUT2D eigenvalue weighted by atomic mass is 9.81. The van der Waals surface area contributed by atoms with E-state index in [9.17, 15) is 14.4 Å². The first-order valence-electron chi connectivity index (χ1n) is 12.3. The van der Waals surface area contributed by atoms with E-state index in [4.69, 9.17) is 9.47 Å². The van der Waals surface area contributed by atoms with E-state index < -0.39 is 23.1 Å². The maximum Gasteiger partial charge on any atom is 0.514 e. The fraction of sp³-hybridized carbons (Fsp3) is 0.481. The van der Waals surface area contributed by atoms with E-state index in [1.54, 1.807) is 25.5 Å². The summed E-state index contributed by atoms with van der Waals surface area (Å²) >= 11 is 0. The molecule has 1 N–H and O–H groups in total. The van der Waals surface area contributed by atoms with Crippen molar-refractivity contribution in [2.24, 2.45) is 0 Å². The molecule has 9 heteroatoms. The SMILES string of the molecule is CNC(=O)c1nn(CC2(n3cc(C)c4ccccc43)CCCCC2)cc(OC(=O)OC(C)(C)C)c1=O. The van der Waals surface area contributed by atoms with Gasteiger partial charge in [0.15, 0.2) is 5.69 Å². The summed E-state index contributed by atoms with van der Waals surface area (Å²) < 4.78 is 14.4. The standard InChI is InChI=1S/C27H34N4O5/c1-18-15-31(20-12-8-7-11-19(18)20)27(13-9-6-10-14-27)17-30-16-21(35-25(34)36-26(2,3)4)23(32)22(29-30)24(33)28-5/h7-8,11-12,15-16H,6,9-10,13-14,17H2,1-5H3,(H,28,33). The fourth-order valence-electron chi connectivity index (χ4n) is 5.02. The number of carbonyl (C=O) groups excluding carboxylic acids is 2. The van der Waals surface area contributed by atoms with Crippen molar-refractivity contribution >= 4 is 23.0 Å². The van der Waals surface area contributed by atoms with Gasteiger partial charge in [0.2, 0.25) is 5.75 Å². The zero-order chi connectivity index (χ0) is 26.1. The number of para-hydroxylation sites is 1. The van der Waals surface area contributed by atoms with Gasteiger partial charge in [0, 0.05) is 24.1 Å². The summed E-state index contributed by atoms with van der Waals surface area (Å²) in [6, 6.07) is 8.30. The third-order valence-corrected chi connectivity index (χ3v) is 6.62. The molecule has 9 nitrogen and oxygen atoms in total. The second-order valence-electron chi connectivity index (χ2n) is 10.5. The molecule has 4 rings (SSSR count). The summed E-state index contributed by atoms with van der Waals surface area (Å²) in [4.78, 5) is 37.8. The average molecular weight is 495 g/mol. The van der Waals surface area contributed by atoms with Crippen molar-refractivity contribution in [3.05, 3.63) is 58.1 Å². The Morgan fingerprint density at radius 3 is 2.47 bits per heavy atom. The number of aromatic nitrogens is 3. The van der Waals surface area contributed by atoms with Crippen molar-refractivity contribution in [2.45, 2.75) is 77.5 Å². The van der Waals surface area contributed by atoms with Gasteiger partial charge in [-0.3, -0.25) is 14.3 Å². The van der Waals surface area contributed by atoms with Gasteiger partial charge in [0.1, 0.15) is 5.60 Å². The number of ether oxygens (including phenoxy) is 2. The molecule has 1 aliphatic carbocycles. The Hall–Kier alpha value is -3.62. The summed E-state index contributed by atoms with van der Waals surface area (Å²) in [5.74, 6) is -0.944. The number of nitrogens with zero attached hydrogens (tertiary/aromatic N) is 3. The van der Waals surface area contributed by atoms with Crippen LogP contribution in [0.4, 0.5) is 4.79 Å². The lowest BCUT2D eigenvalue weighted by molar-refractivity contribution is 0.0200. The average Bonchev–Trinajstić information content (AvgIpc) is 3.17. The van der Waals surface area contributed by atoms with E-state index in [0.29, 0.717) is 6.54 Å². The highest BCUT2D eigenvalue weighted by molar-refractivity contribution is 5.92. The molecular formula is C27H34N4O5. The van der Waals surface area contributed by atoms with E-state index in [-0.39, 0.29) is 17.0 Å². The Balaban J connectivity index is 1.80. The third-order valence-electron chi connectivity index (χ3n) is 6.62. The van der Waals surface area contributed by atoms with Crippen molar-refractivity contribution < 1.29 is 19.1 Å². The summed E-state index contributed by atoms with van der Waals surface area (Å²) in [7, 11) is 1.42. The first-order chi connectivity index (χ1) is 17.0. The van der Waals surface area contributed by atoms with E-state index in [2.05, 4.69) is 40.2 Å².